The number of benzene rings is 1. The van der Waals surface area contributed by atoms with Crippen LogP contribution in [0.5, 0.6) is 0 Å². The molecule has 0 bridgehead atoms. The van der Waals surface area contributed by atoms with Gasteiger partial charge < -0.3 is 5.73 Å². The van der Waals surface area contributed by atoms with Crippen molar-refractivity contribution in [2.24, 2.45) is 5.73 Å². The van der Waals surface area contributed by atoms with Crippen molar-refractivity contribution in [1.29, 1.82) is 0 Å². The number of nitrogens with zero attached hydrogens (tertiary/aromatic N) is 1. The van der Waals surface area contributed by atoms with Gasteiger partial charge in [0.2, 0.25) is 0 Å². The minimum atomic E-state index is -4.71. The lowest BCUT2D eigenvalue weighted by Crippen LogP contribution is -2.17. The van der Waals surface area contributed by atoms with E-state index in [0.717, 1.165) is 12.1 Å². The lowest BCUT2D eigenvalue weighted by Gasteiger charge is -2.15. The van der Waals surface area contributed by atoms with Crippen molar-refractivity contribution in [2.45, 2.75) is 12.2 Å². The van der Waals surface area contributed by atoms with Gasteiger partial charge in [-0.05, 0) is 35.9 Å². The first-order valence-corrected chi connectivity index (χ1v) is 5.52. The van der Waals surface area contributed by atoms with Crippen molar-refractivity contribution in [1.82, 2.24) is 4.98 Å². The van der Waals surface area contributed by atoms with E-state index in [4.69, 9.17) is 5.73 Å². The zero-order valence-corrected chi connectivity index (χ0v) is 9.96. The molecule has 0 saturated heterocycles. The van der Waals surface area contributed by atoms with E-state index < -0.39 is 29.4 Å². The van der Waals surface area contributed by atoms with Gasteiger partial charge in [0.1, 0.15) is 11.6 Å². The summed E-state index contributed by atoms with van der Waals surface area (Å²) in [5.41, 5.74) is 4.04. The smallest absolute Gasteiger partial charge is 0.319 e. The molecule has 0 radical (unpaired) electrons. The summed E-state index contributed by atoms with van der Waals surface area (Å²) in [5, 5.41) is 0. The summed E-state index contributed by atoms with van der Waals surface area (Å²) >= 11 is 0. The molecule has 1 atom stereocenters. The average molecular weight is 288 g/mol. The SMILES string of the molecule is NC(c1cc(F)cc(C(F)(F)F)c1)c1ncccc1F. The van der Waals surface area contributed by atoms with E-state index in [0.29, 0.717) is 12.1 Å². The Labute approximate surface area is 111 Å². The van der Waals surface area contributed by atoms with Gasteiger partial charge in [-0.15, -0.1) is 0 Å². The summed E-state index contributed by atoms with van der Waals surface area (Å²) in [6, 6.07) is 2.97. The van der Waals surface area contributed by atoms with Gasteiger partial charge >= 0.3 is 6.18 Å². The molecular formula is C13H9F5N2. The van der Waals surface area contributed by atoms with Crippen molar-refractivity contribution < 1.29 is 22.0 Å². The predicted octanol–water partition coefficient (Wildman–Crippen LogP) is 3.43. The Kier molecular flexibility index (Phi) is 3.71. The minimum absolute atomic E-state index is 0.199. The Morgan fingerprint density at radius 3 is 2.40 bits per heavy atom. The van der Waals surface area contributed by atoms with Gasteiger partial charge in [0, 0.05) is 6.20 Å². The molecule has 2 nitrogen and oxygen atoms in total. The Morgan fingerprint density at radius 2 is 1.80 bits per heavy atom. The molecule has 1 aromatic carbocycles. The van der Waals surface area contributed by atoms with E-state index >= 15 is 0 Å². The Balaban J connectivity index is 2.48. The fraction of sp³-hybridized carbons (Fsp3) is 0.154. The highest BCUT2D eigenvalue weighted by Crippen LogP contribution is 2.32. The quantitative estimate of drug-likeness (QED) is 0.860. The van der Waals surface area contributed by atoms with Crippen molar-refractivity contribution in [2.75, 3.05) is 0 Å². The van der Waals surface area contributed by atoms with Crippen LogP contribution in [0.2, 0.25) is 0 Å². The molecule has 1 aromatic heterocycles. The third-order valence-corrected chi connectivity index (χ3v) is 2.69. The van der Waals surface area contributed by atoms with E-state index in [1.54, 1.807) is 0 Å². The number of aromatic nitrogens is 1. The van der Waals surface area contributed by atoms with E-state index in [2.05, 4.69) is 4.98 Å². The minimum Gasteiger partial charge on any atom is -0.319 e. The van der Waals surface area contributed by atoms with Crippen LogP contribution in [0.4, 0.5) is 22.0 Å². The second kappa shape index (κ2) is 5.16. The van der Waals surface area contributed by atoms with Gasteiger partial charge in [-0.1, -0.05) is 0 Å². The summed E-state index contributed by atoms with van der Waals surface area (Å²) < 4.78 is 64.6. The molecule has 0 aliphatic rings. The first kappa shape index (κ1) is 14.4. The topological polar surface area (TPSA) is 38.9 Å². The molecule has 20 heavy (non-hydrogen) atoms. The Bertz CT molecular complexity index is 624. The molecule has 0 aliphatic carbocycles. The van der Waals surface area contributed by atoms with E-state index in [1.807, 2.05) is 0 Å². The number of rotatable bonds is 2. The monoisotopic (exact) mass is 288 g/mol. The van der Waals surface area contributed by atoms with Crippen LogP contribution >= 0.6 is 0 Å². The summed E-state index contributed by atoms with van der Waals surface area (Å²) in [7, 11) is 0. The van der Waals surface area contributed by atoms with Crippen LogP contribution in [0.3, 0.4) is 0 Å². The van der Waals surface area contributed by atoms with Gasteiger partial charge in [0.15, 0.2) is 0 Å². The molecule has 2 aromatic rings. The summed E-state index contributed by atoms with van der Waals surface area (Å²) in [6.45, 7) is 0. The summed E-state index contributed by atoms with van der Waals surface area (Å²) in [4.78, 5) is 3.67. The van der Waals surface area contributed by atoms with E-state index in [-0.39, 0.29) is 11.3 Å². The van der Waals surface area contributed by atoms with Gasteiger partial charge in [0.25, 0.3) is 0 Å². The van der Waals surface area contributed by atoms with Crippen LogP contribution in [0.1, 0.15) is 22.9 Å². The van der Waals surface area contributed by atoms with Crippen molar-refractivity contribution in [3.05, 3.63) is 65.0 Å². The molecule has 2 N–H and O–H groups in total. The van der Waals surface area contributed by atoms with E-state index in [9.17, 15) is 22.0 Å². The third-order valence-electron chi connectivity index (χ3n) is 2.69. The normalized spacial score (nSPS) is 13.3. The standard InChI is InChI=1S/C13H9F5N2/c14-9-5-7(4-8(6-9)13(16,17)18)11(19)12-10(15)2-1-3-20-12/h1-6,11H,19H2. The molecule has 0 amide bonds. The molecule has 7 heteroatoms. The highest BCUT2D eigenvalue weighted by Gasteiger charge is 2.32. The predicted molar refractivity (Wildman–Crippen MR) is 61.6 cm³/mol. The van der Waals surface area contributed by atoms with Crippen molar-refractivity contribution in [3.8, 4) is 0 Å². The highest BCUT2D eigenvalue weighted by atomic mass is 19.4. The molecule has 0 saturated carbocycles. The maximum atomic E-state index is 13.5. The lowest BCUT2D eigenvalue weighted by atomic mass is 10.0. The Hall–Kier alpha value is -2.02. The van der Waals surface area contributed by atoms with Gasteiger partial charge in [-0.2, -0.15) is 13.2 Å². The fourth-order valence-corrected chi connectivity index (χ4v) is 1.74. The molecular weight excluding hydrogens is 279 g/mol. The molecule has 1 heterocycles. The number of hydrogen-bond donors (Lipinski definition) is 1. The second-order valence-corrected chi connectivity index (χ2v) is 4.12. The van der Waals surface area contributed by atoms with Crippen LogP contribution in [0, 0.1) is 11.6 Å². The third kappa shape index (κ3) is 2.93. The first-order valence-electron chi connectivity index (χ1n) is 5.52. The van der Waals surface area contributed by atoms with Crippen LogP contribution in [0.25, 0.3) is 0 Å². The Morgan fingerprint density at radius 1 is 1.10 bits per heavy atom. The number of nitrogens with two attached hydrogens (primary N) is 1. The van der Waals surface area contributed by atoms with Crippen LogP contribution in [-0.4, -0.2) is 4.98 Å². The number of alkyl halides is 3. The summed E-state index contributed by atoms with van der Waals surface area (Å²) in [6.07, 6.45) is -3.46. The number of pyridine rings is 1. The maximum Gasteiger partial charge on any atom is 0.416 e. The van der Waals surface area contributed by atoms with E-state index in [1.165, 1.54) is 12.3 Å². The van der Waals surface area contributed by atoms with Gasteiger partial charge in [0.05, 0.1) is 17.3 Å². The number of hydrogen-bond acceptors (Lipinski definition) is 2. The summed E-state index contributed by atoms with van der Waals surface area (Å²) in [5.74, 6) is -1.86. The molecule has 1 unspecified atom stereocenters. The van der Waals surface area contributed by atoms with Gasteiger partial charge in [-0.25, -0.2) is 8.78 Å². The molecule has 106 valence electrons. The maximum absolute atomic E-state index is 13.5. The van der Waals surface area contributed by atoms with Gasteiger partial charge in [-0.3, -0.25) is 4.98 Å². The van der Waals surface area contributed by atoms with Crippen molar-refractivity contribution >= 4 is 0 Å². The molecule has 0 spiro atoms. The van der Waals surface area contributed by atoms with Crippen LogP contribution in [0.15, 0.2) is 36.5 Å². The average Bonchev–Trinajstić information content (AvgIpc) is 2.37. The zero-order valence-electron chi connectivity index (χ0n) is 9.96. The largest absolute Gasteiger partial charge is 0.416 e. The van der Waals surface area contributed by atoms with Crippen LogP contribution < -0.4 is 5.73 Å². The first-order chi connectivity index (χ1) is 9.29. The van der Waals surface area contributed by atoms with Crippen molar-refractivity contribution in [3.63, 3.8) is 0 Å². The fourth-order valence-electron chi connectivity index (χ4n) is 1.74. The molecule has 2 rings (SSSR count). The second-order valence-electron chi connectivity index (χ2n) is 4.12. The number of halogens is 5. The van der Waals surface area contributed by atoms with Crippen LogP contribution in [-0.2, 0) is 6.18 Å². The molecule has 0 fully saturated rings. The zero-order chi connectivity index (χ0) is 14.9. The lowest BCUT2D eigenvalue weighted by molar-refractivity contribution is -0.137. The molecule has 0 aliphatic heterocycles. The highest BCUT2D eigenvalue weighted by molar-refractivity contribution is 5.33.